The number of benzene rings is 1. The Hall–Kier alpha value is -0.597. The van der Waals surface area contributed by atoms with Gasteiger partial charge in [0.1, 0.15) is 0 Å². The van der Waals surface area contributed by atoms with Gasteiger partial charge in [0.2, 0.25) is 0 Å². The van der Waals surface area contributed by atoms with E-state index in [-0.39, 0.29) is 31.4 Å². The summed E-state index contributed by atoms with van der Waals surface area (Å²) < 4.78 is 6.95. The maximum atomic E-state index is 8.86. The Morgan fingerprint density at radius 1 is 1.22 bits per heavy atom. The van der Waals surface area contributed by atoms with E-state index >= 15 is 0 Å². The minimum Gasteiger partial charge on any atom is -1.00 e. The Kier molecular flexibility index (Phi) is 8.03. The molecule has 0 amide bonds. The van der Waals surface area contributed by atoms with Crippen molar-refractivity contribution in [1.29, 1.82) is 0 Å². The van der Waals surface area contributed by atoms with E-state index in [4.69, 9.17) is 9.84 Å². The zero-order valence-electron chi connectivity index (χ0n) is 12.8. The number of halogens is 2. The number of aliphatic hydroxyl groups excluding tert-OH is 1. The molecule has 5 heteroatoms. The molecule has 1 aromatic rings. The monoisotopic (exact) mass is 425 g/mol. The Balaban J connectivity index is 0.00000132. The van der Waals surface area contributed by atoms with E-state index in [1.165, 1.54) is 55.8 Å². The Bertz CT molecular complexity index is 703. The van der Waals surface area contributed by atoms with Crippen LogP contribution in [-0.2, 0) is 29.5 Å². The van der Waals surface area contributed by atoms with E-state index in [0.717, 1.165) is 12.2 Å². The molecule has 0 atom stereocenters. The van der Waals surface area contributed by atoms with Crippen molar-refractivity contribution in [3.63, 3.8) is 0 Å². The van der Waals surface area contributed by atoms with Gasteiger partial charge in [0, 0.05) is 0 Å². The summed E-state index contributed by atoms with van der Waals surface area (Å²) in [6.07, 6.45) is 7.32. The van der Waals surface area contributed by atoms with Gasteiger partial charge in [-0.1, -0.05) is 0 Å². The van der Waals surface area contributed by atoms with Crippen LogP contribution in [0.1, 0.15) is 24.5 Å². The van der Waals surface area contributed by atoms with Crippen molar-refractivity contribution in [3.05, 3.63) is 70.5 Å². The molecule has 119 valence electrons. The summed E-state index contributed by atoms with van der Waals surface area (Å²) in [6, 6.07) is 8.62. The van der Waals surface area contributed by atoms with Crippen LogP contribution in [0.4, 0.5) is 0 Å². The van der Waals surface area contributed by atoms with E-state index in [1.54, 1.807) is 0 Å². The molecule has 23 heavy (non-hydrogen) atoms. The van der Waals surface area contributed by atoms with Gasteiger partial charge in [-0.05, 0) is 0 Å². The first kappa shape index (κ1) is 20.4. The molecule has 1 N–H and O–H groups in total. The first-order chi connectivity index (χ1) is 10.3. The van der Waals surface area contributed by atoms with Gasteiger partial charge in [0.05, 0.1) is 0 Å². The molecule has 2 aliphatic rings. The van der Waals surface area contributed by atoms with Gasteiger partial charge in [-0.15, -0.1) is 0 Å². The largest absolute Gasteiger partial charge is 1.00 e. The van der Waals surface area contributed by atoms with E-state index in [0.29, 0.717) is 6.61 Å². The van der Waals surface area contributed by atoms with Crippen molar-refractivity contribution >= 4 is 8.85 Å². The van der Waals surface area contributed by atoms with Crippen LogP contribution < -0.4 is 24.8 Å². The molecule has 0 bridgehead atoms. The third-order valence-corrected chi connectivity index (χ3v) is 5.09. The molecule has 0 spiro atoms. The smallest absolute Gasteiger partial charge is 1.00 e. The standard InChI is InChI=1S/C18H17O2.2ClH.Zr/c1-2-16-17-6-4-3-5-13(17)12-18(16)14-7-8-15(11-14)20-10-9-19;;;/h2-6,8,11,19H,7,9-10H2,1H3;2*1H;/q;;;+2/p-2. The molecule has 0 saturated heterocycles. The molecule has 0 radical (unpaired) electrons. The fourth-order valence-electron chi connectivity index (χ4n) is 2.91. The van der Waals surface area contributed by atoms with Crippen molar-refractivity contribution < 1.29 is 59.4 Å². The topological polar surface area (TPSA) is 29.5 Å². The van der Waals surface area contributed by atoms with Gasteiger partial charge < -0.3 is 24.8 Å². The quantitative estimate of drug-likeness (QED) is 0.581. The number of allylic oxidation sites excluding steroid dienone is 6. The second kappa shape index (κ2) is 9.03. The minimum atomic E-state index is 0. The molecule has 0 unspecified atom stereocenters. The third-order valence-electron chi connectivity index (χ3n) is 3.82. The molecular formula is C18H17Cl2O2Zr. The first-order valence-corrected chi connectivity index (χ1v) is 8.36. The summed E-state index contributed by atoms with van der Waals surface area (Å²) in [5, 5.41) is 8.86. The first-order valence-electron chi connectivity index (χ1n) is 7.13. The van der Waals surface area contributed by atoms with E-state index < -0.39 is 0 Å². The fourth-order valence-corrected chi connectivity index (χ4v) is 4.17. The molecule has 0 aromatic heterocycles. The van der Waals surface area contributed by atoms with Gasteiger partial charge in [-0.25, -0.2) is 0 Å². The Morgan fingerprint density at radius 3 is 2.57 bits per heavy atom. The second-order valence-corrected chi connectivity index (χ2v) is 6.28. The Morgan fingerprint density at radius 2 is 1.91 bits per heavy atom. The van der Waals surface area contributed by atoms with Crippen molar-refractivity contribution in [2.24, 2.45) is 0 Å². The molecular weight excluding hydrogens is 410 g/mol. The van der Waals surface area contributed by atoms with Crippen LogP contribution in [0.3, 0.4) is 0 Å². The zero-order valence-corrected chi connectivity index (χ0v) is 16.7. The van der Waals surface area contributed by atoms with Crippen LogP contribution in [0.15, 0.2) is 59.4 Å². The maximum Gasteiger partial charge on any atom is -1.00 e. The number of aliphatic hydroxyl groups is 1. The van der Waals surface area contributed by atoms with Crippen LogP contribution >= 0.6 is 0 Å². The van der Waals surface area contributed by atoms with Gasteiger partial charge in [-0.3, -0.25) is 0 Å². The molecule has 0 heterocycles. The molecule has 2 nitrogen and oxygen atoms in total. The van der Waals surface area contributed by atoms with E-state index in [9.17, 15) is 0 Å². The third kappa shape index (κ3) is 3.91. The predicted octanol–water partition coefficient (Wildman–Crippen LogP) is -2.41. The average molecular weight is 427 g/mol. The fraction of sp³-hybridized carbons (Fsp3) is 0.222. The normalized spacial score (nSPS) is 17.3. The summed E-state index contributed by atoms with van der Waals surface area (Å²) in [4.78, 5) is 0. The van der Waals surface area contributed by atoms with E-state index in [1.807, 2.05) is 0 Å². The average Bonchev–Trinajstić information content (AvgIpc) is 3.08. The van der Waals surface area contributed by atoms with Crippen molar-refractivity contribution in [3.8, 4) is 0 Å². The molecule has 0 aliphatic heterocycles. The molecule has 2 aliphatic carbocycles. The van der Waals surface area contributed by atoms with Crippen LogP contribution in [0.25, 0.3) is 8.85 Å². The van der Waals surface area contributed by atoms with Gasteiger partial charge in [0.15, 0.2) is 0 Å². The van der Waals surface area contributed by atoms with Crippen molar-refractivity contribution in [1.82, 2.24) is 0 Å². The second-order valence-electron chi connectivity index (χ2n) is 5.05. The SMILES string of the molecule is CC=C1C(C2=CC(OCCO)=CC2)=[C]([Zr+2])c2ccccc21.[Cl-].[Cl-]. The molecule has 1 aromatic carbocycles. The predicted molar refractivity (Wildman–Crippen MR) is 80.8 cm³/mol. The number of hydrogen-bond donors (Lipinski definition) is 1. The van der Waals surface area contributed by atoms with Crippen LogP contribution in [0, 0.1) is 0 Å². The molecule has 0 fully saturated rings. The van der Waals surface area contributed by atoms with Crippen molar-refractivity contribution in [2.75, 3.05) is 13.2 Å². The maximum absolute atomic E-state index is 8.86. The molecule has 3 rings (SSSR count). The Labute approximate surface area is 164 Å². The number of fused-ring (bicyclic) bond motifs is 1. The molecule has 0 saturated carbocycles. The number of hydrogen-bond acceptors (Lipinski definition) is 2. The van der Waals surface area contributed by atoms with Crippen molar-refractivity contribution in [2.45, 2.75) is 13.3 Å². The summed E-state index contributed by atoms with van der Waals surface area (Å²) in [5.74, 6) is 0.876. The number of rotatable bonds is 4. The summed E-state index contributed by atoms with van der Waals surface area (Å²) in [6.45, 7) is 2.52. The minimum absolute atomic E-state index is 0. The van der Waals surface area contributed by atoms with Gasteiger partial charge in [-0.2, -0.15) is 0 Å². The van der Waals surface area contributed by atoms with Crippen LogP contribution in [0.5, 0.6) is 0 Å². The summed E-state index contributed by atoms with van der Waals surface area (Å²) in [7, 11) is 0. The van der Waals surface area contributed by atoms with Crippen LogP contribution in [-0.4, -0.2) is 18.3 Å². The number of ether oxygens (including phenoxy) is 1. The van der Waals surface area contributed by atoms with Gasteiger partial charge >= 0.3 is 141 Å². The van der Waals surface area contributed by atoms with E-state index in [2.05, 4.69) is 49.4 Å². The van der Waals surface area contributed by atoms with Gasteiger partial charge in [0.25, 0.3) is 0 Å². The summed E-state index contributed by atoms with van der Waals surface area (Å²) >= 11 is 1.44. The van der Waals surface area contributed by atoms with Crippen LogP contribution in [0.2, 0.25) is 0 Å². The zero-order chi connectivity index (χ0) is 14.8. The summed E-state index contributed by atoms with van der Waals surface area (Å²) in [5.41, 5.74) is 6.73.